The third kappa shape index (κ3) is 1.20. The molecule has 0 unspecified atom stereocenters. The molecule has 4 nitrogen and oxygen atoms in total. The van der Waals surface area contributed by atoms with Crippen LogP contribution in [0, 0.1) is 0 Å². The molecule has 1 rings (SSSR count). The number of carbonyl (C=O) groups is 2. The third-order valence-corrected chi connectivity index (χ3v) is 2.07. The van der Waals surface area contributed by atoms with E-state index in [4.69, 9.17) is 0 Å². The van der Waals surface area contributed by atoms with Crippen LogP contribution in [-0.2, 0) is 14.3 Å². The van der Waals surface area contributed by atoms with Crippen molar-refractivity contribution >= 4 is 11.9 Å². The van der Waals surface area contributed by atoms with E-state index in [1.165, 1.54) is 12.0 Å². The molecule has 0 aliphatic carbocycles. The van der Waals surface area contributed by atoms with Crippen molar-refractivity contribution in [3.8, 4) is 0 Å². The Kier molecular flexibility index (Phi) is 2.17. The number of methoxy groups -OCH3 is 1. The molecular formula is C8H11NO3. The molecule has 0 N–H and O–H groups in total. The topological polar surface area (TPSA) is 46.6 Å². The lowest BCUT2D eigenvalue weighted by Gasteiger charge is -2.08. The normalized spacial score (nSPS) is 17.2. The summed E-state index contributed by atoms with van der Waals surface area (Å²) in [5.74, 6) is -0.474. The van der Waals surface area contributed by atoms with Crippen molar-refractivity contribution in [2.24, 2.45) is 0 Å². The predicted octanol–water partition coefficient (Wildman–Crippen LogP) is 0.295. The molecule has 1 aliphatic rings. The van der Waals surface area contributed by atoms with Crippen LogP contribution >= 0.6 is 0 Å². The average Bonchev–Trinajstić information content (AvgIpc) is 2.32. The molecular weight excluding hydrogens is 158 g/mol. The van der Waals surface area contributed by atoms with E-state index in [1.54, 1.807) is 14.0 Å². The second kappa shape index (κ2) is 2.97. The molecule has 0 saturated heterocycles. The Bertz CT molecular complexity index is 267. The standard InChI is InChI=1S/C8H11NO3/c1-5-6(8(11)12-3)4-7(10)9(5)2/h4H2,1-3H3. The molecule has 0 spiro atoms. The zero-order chi connectivity index (χ0) is 9.30. The number of allylic oxidation sites excluding steroid dienone is 1. The van der Waals surface area contributed by atoms with Gasteiger partial charge in [0, 0.05) is 12.7 Å². The second-order valence-electron chi connectivity index (χ2n) is 2.69. The minimum atomic E-state index is -0.412. The molecule has 0 aromatic carbocycles. The summed E-state index contributed by atoms with van der Waals surface area (Å²) in [6.45, 7) is 1.73. The number of amides is 1. The van der Waals surface area contributed by atoms with E-state index in [2.05, 4.69) is 4.74 Å². The molecule has 66 valence electrons. The van der Waals surface area contributed by atoms with Gasteiger partial charge >= 0.3 is 5.97 Å². The highest BCUT2D eigenvalue weighted by Crippen LogP contribution is 2.22. The monoisotopic (exact) mass is 169 g/mol. The minimum Gasteiger partial charge on any atom is -0.466 e. The van der Waals surface area contributed by atoms with Gasteiger partial charge in [0.2, 0.25) is 5.91 Å². The molecule has 0 fully saturated rings. The third-order valence-electron chi connectivity index (χ3n) is 2.07. The van der Waals surface area contributed by atoms with Crippen LogP contribution in [0.1, 0.15) is 13.3 Å². The molecule has 0 bridgehead atoms. The largest absolute Gasteiger partial charge is 0.466 e. The van der Waals surface area contributed by atoms with E-state index in [0.717, 1.165) is 0 Å². The van der Waals surface area contributed by atoms with E-state index < -0.39 is 5.97 Å². The Hall–Kier alpha value is -1.32. The molecule has 0 atom stereocenters. The summed E-state index contributed by atoms with van der Waals surface area (Å²) in [4.78, 5) is 23.6. The molecule has 0 aromatic heterocycles. The van der Waals surface area contributed by atoms with Crippen molar-refractivity contribution < 1.29 is 14.3 Å². The number of hydrogen-bond donors (Lipinski definition) is 0. The average molecular weight is 169 g/mol. The highest BCUT2D eigenvalue weighted by molar-refractivity contribution is 5.99. The molecule has 0 aromatic rings. The van der Waals surface area contributed by atoms with Crippen molar-refractivity contribution in [2.75, 3.05) is 14.2 Å². The highest BCUT2D eigenvalue weighted by Gasteiger charge is 2.28. The van der Waals surface area contributed by atoms with Crippen LogP contribution in [0.25, 0.3) is 0 Å². The fraction of sp³-hybridized carbons (Fsp3) is 0.500. The summed E-state index contributed by atoms with van der Waals surface area (Å²) in [6, 6.07) is 0. The SMILES string of the molecule is COC(=O)C1=C(C)N(C)C(=O)C1. The van der Waals surface area contributed by atoms with E-state index in [9.17, 15) is 9.59 Å². The molecule has 4 heteroatoms. The smallest absolute Gasteiger partial charge is 0.336 e. The van der Waals surface area contributed by atoms with Gasteiger partial charge < -0.3 is 9.64 Å². The van der Waals surface area contributed by atoms with Crippen molar-refractivity contribution in [2.45, 2.75) is 13.3 Å². The first kappa shape index (κ1) is 8.77. The zero-order valence-electron chi connectivity index (χ0n) is 7.38. The molecule has 1 aliphatic heterocycles. The lowest BCUT2D eigenvalue weighted by molar-refractivity contribution is -0.137. The fourth-order valence-electron chi connectivity index (χ4n) is 1.13. The lowest BCUT2D eigenvalue weighted by Crippen LogP contribution is -2.17. The van der Waals surface area contributed by atoms with Crippen molar-refractivity contribution in [1.29, 1.82) is 0 Å². The van der Waals surface area contributed by atoms with Crippen LogP contribution in [0.5, 0.6) is 0 Å². The minimum absolute atomic E-state index is 0.0621. The van der Waals surface area contributed by atoms with Crippen LogP contribution in [0.15, 0.2) is 11.3 Å². The van der Waals surface area contributed by atoms with Crippen LogP contribution in [-0.4, -0.2) is 30.9 Å². The summed E-state index contributed by atoms with van der Waals surface area (Å²) in [6.07, 6.45) is 0.162. The summed E-state index contributed by atoms with van der Waals surface area (Å²) >= 11 is 0. The number of hydrogen-bond acceptors (Lipinski definition) is 3. The van der Waals surface area contributed by atoms with E-state index in [-0.39, 0.29) is 12.3 Å². The second-order valence-corrected chi connectivity index (χ2v) is 2.69. The highest BCUT2D eigenvalue weighted by atomic mass is 16.5. The van der Waals surface area contributed by atoms with Crippen LogP contribution in [0.4, 0.5) is 0 Å². The van der Waals surface area contributed by atoms with Crippen molar-refractivity contribution in [3.63, 3.8) is 0 Å². The molecule has 0 radical (unpaired) electrons. The first-order chi connectivity index (χ1) is 5.57. The van der Waals surface area contributed by atoms with Gasteiger partial charge in [-0.3, -0.25) is 4.79 Å². The van der Waals surface area contributed by atoms with Crippen LogP contribution in [0.3, 0.4) is 0 Å². The number of carbonyl (C=O) groups excluding carboxylic acids is 2. The summed E-state index contributed by atoms with van der Waals surface area (Å²) in [5.41, 5.74) is 1.15. The van der Waals surface area contributed by atoms with Gasteiger partial charge in [-0.1, -0.05) is 0 Å². The Morgan fingerprint density at radius 2 is 2.17 bits per heavy atom. The molecule has 1 amide bonds. The summed E-state index contributed by atoms with van der Waals surface area (Å²) < 4.78 is 4.53. The van der Waals surface area contributed by atoms with Gasteiger partial charge in [-0.15, -0.1) is 0 Å². The quantitative estimate of drug-likeness (QED) is 0.530. The number of ether oxygens (including phenoxy) is 1. The number of esters is 1. The van der Waals surface area contributed by atoms with Gasteiger partial charge in [-0.05, 0) is 6.92 Å². The van der Waals surface area contributed by atoms with E-state index in [0.29, 0.717) is 11.3 Å². The van der Waals surface area contributed by atoms with Crippen molar-refractivity contribution in [1.82, 2.24) is 4.90 Å². The Balaban J connectivity index is 2.92. The predicted molar refractivity (Wildman–Crippen MR) is 42.1 cm³/mol. The first-order valence-electron chi connectivity index (χ1n) is 3.62. The van der Waals surface area contributed by atoms with Gasteiger partial charge in [0.1, 0.15) is 0 Å². The van der Waals surface area contributed by atoms with Gasteiger partial charge in [0.15, 0.2) is 0 Å². The Morgan fingerprint density at radius 1 is 1.58 bits per heavy atom. The molecule has 12 heavy (non-hydrogen) atoms. The van der Waals surface area contributed by atoms with Gasteiger partial charge in [-0.25, -0.2) is 4.79 Å². The Morgan fingerprint density at radius 3 is 2.50 bits per heavy atom. The summed E-state index contributed by atoms with van der Waals surface area (Å²) in [7, 11) is 2.96. The Labute approximate surface area is 70.8 Å². The maximum Gasteiger partial charge on any atom is 0.336 e. The number of nitrogens with zero attached hydrogens (tertiary/aromatic N) is 1. The van der Waals surface area contributed by atoms with Crippen LogP contribution < -0.4 is 0 Å². The van der Waals surface area contributed by atoms with Gasteiger partial charge in [0.25, 0.3) is 0 Å². The van der Waals surface area contributed by atoms with Gasteiger partial charge in [0.05, 0.1) is 19.1 Å². The maximum absolute atomic E-state index is 11.1. The molecule has 1 heterocycles. The lowest BCUT2D eigenvalue weighted by atomic mass is 10.2. The maximum atomic E-state index is 11.1. The fourth-order valence-corrected chi connectivity index (χ4v) is 1.13. The van der Waals surface area contributed by atoms with Crippen LogP contribution in [0.2, 0.25) is 0 Å². The molecule has 0 saturated carbocycles. The first-order valence-corrected chi connectivity index (χ1v) is 3.62. The van der Waals surface area contributed by atoms with Gasteiger partial charge in [-0.2, -0.15) is 0 Å². The van der Waals surface area contributed by atoms with Crippen molar-refractivity contribution in [3.05, 3.63) is 11.3 Å². The van der Waals surface area contributed by atoms with E-state index >= 15 is 0 Å². The number of rotatable bonds is 1. The van der Waals surface area contributed by atoms with E-state index in [1.807, 2.05) is 0 Å². The summed E-state index contributed by atoms with van der Waals surface area (Å²) in [5, 5.41) is 0. The zero-order valence-corrected chi connectivity index (χ0v) is 7.38.